The lowest BCUT2D eigenvalue weighted by molar-refractivity contribution is -0.127. The normalized spacial score (nSPS) is 11.9. The number of halogens is 1. The molecule has 2 aromatic rings. The first-order chi connectivity index (χ1) is 10.6. The third-order valence-electron chi connectivity index (χ3n) is 2.87. The number of carbonyl (C=O) groups is 1. The van der Waals surface area contributed by atoms with Gasteiger partial charge in [0.25, 0.3) is 5.91 Å². The van der Waals surface area contributed by atoms with Crippen molar-refractivity contribution < 1.29 is 9.53 Å². The van der Waals surface area contributed by atoms with Crippen LogP contribution in [0.2, 0.25) is 5.02 Å². The van der Waals surface area contributed by atoms with E-state index in [9.17, 15) is 4.79 Å². The second-order valence-electron chi connectivity index (χ2n) is 4.69. The number of thioether (sulfide) groups is 1. The lowest BCUT2D eigenvalue weighted by Gasteiger charge is -2.14. The van der Waals surface area contributed by atoms with Crippen LogP contribution < -0.4 is 10.1 Å². The fourth-order valence-electron chi connectivity index (χ4n) is 1.75. The number of benzene rings is 1. The summed E-state index contributed by atoms with van der Waals surface area (Å²) >= 11 is 9.40. The molecule has 118 valence electrons. The zero-order chi connectivity index (χ0) is 15.8. The van der Waals surface area contributed by atoms with Gasteiger partial charge in [0.05, 0.1) is 0 Å². The van der Waals surface area contributed by atoms with Crippen LogP contribution >= 0.6 is 34.7 Å². The highest BCUT2D eigenvalue weighted by Crippen LogP contribution is 2.18. The van der Waals surface area contributed by atoms with Gasteiger partial charge in [-0.1, -0.05) is 17.7 Å². The van der Waals surface area contributed by atoms with Gasteiger partial charge in [0.1, 0.15) is 5.75 Å². The van der Waals surface area contributed by atoms with Crippen molar-refractivity contribution in [3.63, 3.8) is 0 Å². The molecule has 0 radical (unpaired) electrons. The number of thiophene rings is 1. The van der Waals surface area contributed by atoms with E-state index in [4.69, 9.17) is 16.3 Å². The van der Waals surface area contributed by atoms with Crippen LogP contribution in [0.3, 0.4) is 0 Å². The fourth-order valence-corrected chi connectivity index (χ4v) is 3.51. The monoisotopic (exact) mass is 355 g/mol. The van der Waals surface area contributed by atoms with E-state index in [2.05, 4.69) is 22.1 Å². The molecule has 0 fully saturated rings. The van der Waals surface area contributed by atoms with Crippen molar-refractivity contribution in [1.29, 1.82) is 0 Å². The third kappa shape index (κ3) is 5.91. The minimum atomic E-state index is -0.541. The van der Waals surface area contributed by atoms with Gasteiger partial charge in [-0.15, -0.1) is 0 Å². The van der Waals surface area contributed by atoms with Crippen LogP contribution in [-0.4, -0.2) is 24.3 Å². The average Bonchev–Trinajstić information content (AvgIpc) is 3.00. The number of hydrogen-bond acceptors (Lipinski definition) is 4. The van der Waals surface area contributed by atoms with Gasteiger partial charge >= 0.3 is 0 Å². The SMILES string of the molecule is C[C@@H](Oc1cccc(Cl)c1)C(=O)NCCSCc1ccsc1. The van der Waals surface area contributed by atoms with Gasteiger partial charge in [-0.05, 0) is 47.5 Å². The van der Waals surface area contributed by atoms with Crippen LogP contribution in [-0.2, 0) is 10.5 Å². The molecular formula is C16H18ClNO2S2. The van der Waals surface area contributed by atoms with E-state index >= 15 is 0 Å². The van der Waals surface area contributed by atoms with Gasteiger partial charge < -0.3 is 10.1 Å². The molecule has 1 aromatic carbocycles. The van der Waals surface area contributed by atoms with E-state index in [0.717, 1.165) is 11.5 Å². The summed E-state index contributed by atoms with van der Waals surface area (Å²) in [6.45, 7) is 2.37. The Labute approximate surface area is 144 Å². The Balaban J connectivity index is 1.64. The highest BCUT2D eigenvalue weighted by Gasteiger charge is 2.13. The van der Waals surface area contributed by atoms with Crippen molar-refractivity contribution >= 4 is 40.6 Å². The zero-order valence-electron chi connectivity index (χ0n) is 12.3. The Morgan fingerprint density at radius 1 is 1.45 bits per heavy atom. The number of amides is 1. The predicted octanol–water partition coefficient (Wildman–Crippen LogP) is 4.22. The number of rotatable bonds is 8. The van der Waals surface area contributed by atoms with E-state index in [1.165, 1.54) is 5.56 Å². The van der Waals surface area contributed by atoms with Crippen LogP contribution in [0.4, 0.5) is 0 Å². The van der Waals surface area contributed by atoms with E-state index in [1.54, 1.807) is 54.3 Å². The van der Waals surface area contributed by atoms with Gasteiger partial charge in [0.2, 0.25) is 0 Å². The fraction of sp³-hybridized carbons (Fsp3) is 0.312. The van der Waals surface area contributed by atoms with Gasteiger partial charge in [0.15, 0.2) is 6.10 Å². The quantitative estimate of drug-likeness (QED) is 0.720. The molecule has 0 saturated carbocycles. The molecule has 0 spiro atoms. The smallest absolute Gasteiger partial charge is 0.260 e. The molecule has 0 saturated heterocycles. The second-order valence-corrected chi connectivity index (χ2v) is 7.01. The summed E-state index contributed by atoms with van der Waals surface area (Å²) in [4.78, 5) is 11.9. The van der Waals surface area contributed by atoms with Crippen LogP contribution in [0.1, 0.15) is 12.5 Å². The van der Waals surface area contributed by atoms with Gasteiger partial charge in [-0.3, -0.25) is 4.79 Å². The molecule has 2 rings (SSSR count). The van der Waals surface area contributed by atoms with Crippen LogP contribution in [0.15, 0.2) is 41.1 Å². The van der Waals surface area contributed by atoms with Crippen molar-refractivity contribution in [2.24, 2.45) is 0 Å². The molecule has 3 nitrogen and oxygen atoms in total. The Hall–Kier alpha value is -1.17. The number of hydrogen-bond donors (Lipinski definition) is 1. The molecule has 0 aliphatic rings. The molecule has 0 aliphatic carbocycles. The zero-order valence-corrected chi connectivity index (χ0v) is 14.6. The molecule has 22 heavy (non-hydrogen) atoms. The predicted molar refractivity (Wildman–Crippen MR) is 95.0 cm³/mol. The molecule has 0 bridgehead atoms. The molecule has 6 heteroatoms. The largest absolute Gasteiger partial charge is 0.481 e. The Bertz CT molecular complexity index is 590. The van der Waals surface area contributed by atoms with Crippen molar-refractivity contribution in [3.8, 4) is 5.75 Å². The minimum absolute atomic E-state index is 0.115. The van der Waals surface area contributed by atoms with E-state index in [-0.39, 0.29) is 5.91 Å². The van der Waals surface area contributed by atoms with Crippen LogP contribution in [0, 0.1) is 0 Å². The maximum Gasteiger partial charge on any atom is 0.260 e. The summed E-state index contributed by atoms with van der Waals surface area (Å²) < 4.78 is 5.57. The number of ether oxygens (including phenoxy) is 1. The summed E-state index contributed by atoms with van der Waals surface area (Å²) in [5, 5.41) is 7.70. The molecule has 1 aromatic heterocycles. The maximum atomic E-state index is 11.9. The van der Waals surface area contributed by atoms with Gasteiger partial charge in [0, 0.05) is 23.1 Å². The maximum absolute atomic E-state index is 11.9. The van der Waals surface area contributed by atoms with Crippen molar-refractivity contribution in [2.75, 3.05) is 12.3 Å². The summed E-state index contributed by atoms with van der Waals surface area (Å²) in [5.74, 6) is 2.34. The van der Waals surface area contributed by atoms with Crippen molar-refractivity contribution in [2.45, 2.75) is 18.8 Å². The molecule has 1 N–H and O–H groups in total. The first kappa shape index (κ1) is 17.2. The standard InChI is InChI=1S/C16H18ClNO2S2/c1-12(20-15-4-2-3-14(17)9-15)16(19)18-6-8-22-11-13-5-7-21-10-13/h2-5,7,9-10,12H,6,8,11H2,1H3,(H,18,19)/t12-/m1/s1. The Morgan fingerprint density at radius 2 is 2.32 bits per heavy atom. The summed E-state index contributed by atoms with van der Waals surface area (Å²) in [6, 6.07) is 9.17. The van der Waals surface area contributed by atoms with E-state index < -0.39 is 6.10 Å². The summed E-state index contributed by atoms with van der Waals surface area (Å²) in [5.41, 5.74) is 1.33. The van der Waals surface area contributed by atoms with Crippen molar-refractivity contribution in [1.82, 2.24) is 5.32 Å². The Kier molecular flexibility index (Phi) is 7.09. The first-order valence-corrected chi connectivity index (χ1v) is 9.41. The summed E-state index contributed by atoms with van der Waals surface area (Å²) in [7, 11) is 0. The van der Waals surface area contributed by atoms with Crippen LogP contribution in [0.5, 0.6) is 5.75 Å². The lowest BCUT2D eigenvalue weighted by atomic mass is 10.3. The molecule has 1 atom stereocenters. The van der Waals surface area contributed by atoms with Gasteiger partial charge in [-0.2, -0.15) is 23.1 Å². The topological polar surface area (TPSA) is 38.3 Å². The highest BCUT2D eigenvalue weighted by atomic mass is 35.5. The number of carbonyl (C=O) groups excluding carboxylic acids is 1. The third-order valence-corrected chi connectivity index (χ3v) is 4.87. The molecular weight excluding hydrogens is 338 g/mol. The van der Waals surface area contributed by atoms with E-state index in [1.807, 2.05) is 0 Å². The highest BCUT2D eigenvalue weighted by molar-refractivity contribution is 7.98. The first-order valence-electron chi connectivity index (χ1n) is 6.94. The van der Waals surface area contributed by atoms with Crippen molar-refractivity contribution in [3.05, 3.63) is 51.7 Å². The average molecular weight is 356 g/mol. The minimum Gasteiger partial charge on any atom is -0.481 e. The van der Waals surface area contributed by atoms with Gasteiger partial charge in [-0.25, -0.2) is 0 Å². The Morgan fingerprint density at radius 3 is 3.05 bits per heavy atom. The molecule has 0 unspecified atom stereocenters. The lowest BCUT2D eigenvalue weighted by Crippen LogP contribution is -2.37. The van der Waals surface area contributed by atoms with Crippen LogP contribution in [0.25, 0.3) is 0 Å². The second kappa shape index (κ2) is 9.08. The number of nitrogens with one attached hydrogen (secondary N) is 1. The summed E-state index contributed by atoms with van der Waals surface area (Å²) in [6.07, 6.45) is -0.541. The molecule has 1 heterocycles. The van der Waals surface area contributed by atoms with E-state index in [0.29, 0.717) is 17.3 Å². The molecule has 1 amide bonds. The molecule has 0 aliphatic heterocycles.